The fraction of sp³-hybridized carbons (Fsp3) is 0.176. The lowest BCUT2D eigenvalue weighted by molar-refractivity contribution is -0.127. The molecule has 0 fully saturated rings. The molecule has 0 unspecified atom stereocenters. The van der Waals surface area contributed by atoms with E-state index >= 15 is 0 Å². The molecule has 24 heavy (non-hydrogen) atoms. The lowest BCUT2D eigenvalue weighted by Gasteiger charge is -2.07. The van der Waals surface area contributed by atoms with Crippen LogP contribution in [-0.2, 0) is 16.0 Å². The first-order chi connectivity index (χ1) is 11.5. The third-order valence-electron chi connectivity index (χ3n) is 3.05. The Hall–Kier alpha value is -1.69. The second-order valence-electron chi connectivity index (χ2n) is 4.97. The lowest BCUT2D eigenvalue weighted by Crippen LogP contribution is -2.42. The number of rotatable bonds is 6. The highest BCUT2D eigenvalue weighted by Gasteiger charge is 2.06. The van der Waals surface area contributed by atoms with Gasteiger partial charge in [-0.3, -0.25) is 20.4 Å². The Morgan fingerprint density at radius 2 is 1.62 bits per heavy atom. The maximum atomic E-state index is 11.7. The van der Waals surface area contributed by atoms with Crippen LogP contribution in [0.4, 0.5) is 0 Å². The second kappa shape index (κ2) is 9.57. The molecule has 0 aliphatic rings. The summed E-state index contributed by atoms with van der Waals surface area (Å²) < 4.78 is 0. The number of hydrogen-bond donors (Lipinski definition) is 2. The fourth-order valence-corrected chi connectivity index (χ4v) is 2.91. The highest BCUT2D eigenvalue weighted by Crippen LogP contribution is 2.19. The molecular weight excluding hydrogens is 367 g/mol. The van der Waals surface area contributed by atoms with Gasteiger partial charge in [-0.2, -0.15) is 0 Å². The number of aryl methyl sites for hydroxylation is 1. The van der Waals surface area contributed by atoms with Gasteiger partial charge in [-0.25, -0.2) is 0 Å². The van der Waals surface area contributed by atoms with Crippen LogP contribution < -0.4 is 10.9 Å². The maximum absolute atomic E-state index is 11.7. The summed E-state index contributed by atoms with van der Waals surface area (Å²) >= 11 is 13.1. The van der Waals surface area contributed by atoms with E-state index in [-0.39, 0.29) is 24.0 Å². The Morgan fingerprint density at radius 3 is 2.33 bits per heavy atom. The number of thioether (sulfide) groups is 1. The number of nitrogens with one attached hydrogen (secondary N) is 2. The highest BCUT2D eigenvalue weighted by molar-refractivity contribution is 8.00. The van der Waals surface area contributed by atoms with E-state index in [9.17, 15) is 9.59 Å². The molecular formula is C17H16Cl2N2O2S. The molecule has 0 heterocycles. The van der Waals surface area contributed by atoms with E-state index in [1.807, 2.05) is 30.3 Å². The van der Waals surface area contributed by atoms with Crippen LogP contribution in [0.5, 0.6) is 0 Å². The SMILES string of the molecule is O=C(CCc1cccc(Cl)c1)NNC(=O)CSc1ccc(Cl)cc1. The summed E-state index contributed by atoms with van der Waals surface area (Å²) in [7, 11) is 0. The lowest BCUT2D eigenvalue weighted by atomic mass is 10.1. The van der Waals surface area contributed by atoms with Gasteiger partial charge in [-0.05, 0) is 48.4 Å². The van der Waals surface area contributed by atoms with Crippen molar-refractivity contribution < 1.29 is 9.59 Å². The van der Waals surface area contributed by atoms with Gasteiger partial charge in [0.25, 0.3) is 0 Å². The van der Waals surface area contributed by atoms with Crippen molar-refractivity contribution in [2.45, 2.75) is 17.7 Å². The molecule has 2 amide bonds. The number of hydrazine groups is 1. The predicted octanol–water partition coefficient (Wildman–Crippen LogP) is 3.87. The van der Waals surface area contributed by atoms with E-state index in [4.69, 9.17) is 23.2 Å². The molecule has 0 atom stereocenters. The van der Waals surface area contributed by atoms with Crippen molar-refractivity contribution in [2.75, 3.05) is 5.75 Å². The molecule has 7 heteroatoms. The van der Waals surface area contributed by atoms with Gasteiger partial charge >= 0.3 is 0 Å². The molecule has 0 saturated heterocycles. The fourth-order valence-electron chi connectivity index (χ4n) is 1.87. The van der Waals surface area contributed by atoms with Gasteiger partial charge < -0.3 is 0 Å². The van der Waals surface area contributed by atoms with Crippen molar-refractivity contribution in [2.24, 2.45) is 0 Å². The summed E-state index contributed by atoms with van der Waals surface area (Å²) in [6.45, 7) is 0. The summed E-state index contributed by atoms with van der Waals surface area (Å²) in [6, 6.07) is 14.5. The summed E-state index contributed by atoms with van der Waals surface area (Å²) in [5.74, 6) is -0.318. The minimum atomic E-state index is -0.272. The van der Waals surface area contributed by atoms with Crippen molar-refractivity contribution in [1.82, 2.24) is 10.9 Å². The topological polar surface area (TPSA) is 58.2 Å². The van der Waals surface area contributed by atoms with Crippen LogP contribution in [-0.4, -0.2) is 17.6 Å². The van der Waals surface area contributed by atoms with Crippen LogP contribution in [0, 0.1) is 0 Å². The van der Waals surface area contributed by atoms with Crippen molar-refractivity contribution in [3.8, 4) is 0 Å². The van der Waals surface area contributed by atoms with Crippen molar-refractivity contribution in [3.05, 3.63) is 64.1 Å². The normalized spacial score (nSPS) is 10.2. The van der Waals surface area contributed by atoms with Gasteiger partial charge in [-0.15, -0.1) is 11.8 Å². The van der Waals surface area contributed by atoms with E-state index in [1.54, 1.807) is 18.2 Å². The number of benzene rings is 2. The van der Waals surface area contributed by atoms with E-state index in [0.717, 1.165) is 10.5 Å². The standard InChI is InChI=1S/C17H16Cl2N2O2S/c18-13-5-7-15(8-6-13)24-11-17(23)21-20-16(22)9-4-12-2-1-3-14(19)10-12/h1-3,5-8,10H,4,9,11H2,(H,20,22)(H,21,23). The Kier molecular flexibility index (Phi) is 7.43. The van der Waals surface area contributed by atoms with Crippen LogP contribution in [0.1, 0.15) is 12.0 Å². The zero-order valence-electron chi connectivity index (χ0n) is 12.7. The number of halogens is 2. The van der Waals surface area contributed by atoms with E-state index in [2.05, 4.69) is 10.9 Å². The first-order valence-electron chi connectivity index (χ1n) is 7.23. The second-order valence-corrected chi connectivity index (χ2v) is 6.89. The van der Waals surface area contributed by atoms with Crippen molar-refractivity contribution in [3.63, 3.8) is 0 Å². The molecule has 126 valence electrons. The summed E-state index contributed by atoms with van der Waals surface area (Å²) in [5, 5.41) is 1.29. The Morgan fingerprint density at radius 1 is 0.917 bits per heavy atom. The molecule has 4 nitrogen and oxygen atoms in total. The molecule has 0 bridgehead atoms. The molecule has 2 aromatic carbocycles. The Labute approximate surface area is 154 Å². The van der Waals surface area contributed by atoms with Gasteiger partial charge in [0.1, 0.15) is 0 Å². The zero-order valence-corrected chi connectivity index (χ0v) is 15.0. The monoisotopic (exact) mass is 382 g/mol. The summed E-state index contributed by atoms with van der Waals surface area (Å²) in [5.41, 5.74) is 5.78. The molecule has 0 radical (unpaired) electrons. The minimum Gasteiger partial charge on any atom is -0.273 e. The van der Waals surface area contributed by atoms with Gasteiger partial charge in [-0.1, -0.05) is 35.3 Å². The third-order valence-corrected chi connectivity index (χ3v) is 4.55. The third kappa shape index (κ3) is 6.83. The first kappa shape index (κ1) is 18.6. The van der Waals surface area contributed by atoms with Crippen LogP contribution >= 0.6 is 35.0 Å². The molecule has 0 aliphatic heterocycles. The van der Waals surface area contributed by atoms with E-state index in [0.29, 0.717) is 16.5 Å². The molecule has 0 spiro atoms. The van der Waals surface area contributed by atoms with Crippen LogP contribution in [0.2, 0.25) is 10.0 Å². The van der Waals surface area contributed by atoms with E-state index in [1.165, 1.54) is 11.8 Å². The first-order valence-corrected chi connectivity index (χ1v) is 8.97. The van der Waals surface area contributed by atoms with Crippen LogP contribution in [0.3, 0.4) is 0 Å². The zero-order chi connectivity index (χ0) is 17.4. The van der Waals surface area contributed by atoms with Crippen LogP contribution in [0.15, 0.2) is 53.4 Å². The molecule has 0 aromatic heterocycles. The largest absolute Gasteiger partial charge is 0.273 e. The molecule has 0 saturated carbocycles. The maximum Gasteiger partial charge on any atom is 0.248 e. The quantitative estimate of drug-likeness (QED) is 0.588. The van der Waals surface area contributed by atoms with E-state index < -0.39 is 0 Å². The van der Waals surface area contributed by atoms with Gasteiger partial charge in [0.05, 0.1) is 5.75 Å². The smallest absolute Gasteiger partial charge is 0.248 e. The molecule has 2 aromatic rings. The van der Waals surface area contributed by atoms with Crippen molar-refractivity contribution >= 4 is 46.8 Å². The predicted molar refractivity (Wildman–Crippen MR) is 98.2 cm³/mol. The Balaban J connectivity index is 1.65. The highest BCUT2D eigenvalue weighted by atomic mass is 35.5. The van der Waals surface area contributed by atoms with Crippen LogP contribution in [0.25, 0.3) is 0 Å². The number of carbonyl (C=O) groups is 2. The Bertz CT molecular complexity index is 708. The molecule has 0 aliphatic carbocycles. The number of amides is 2. The number of carbonyl (C=O) groups excluding carboxylic acids is 2. The summed E-state index contributed by atoms with van der Waals surface area (Å²) in [6.07, 6.45) is 0.826. The van der Waals surface area contributed by atoms with Crippen molar-refractivity contribution in [1.29, 1.82) is 0 Å². The van der Waals surface area contributed by atoms with Gasteiger partial charge in [0, 0.05) is 21.4 Å². The average Bonchev–Trinajstić information content (AvgIpc) is 2.57. The molecule has 2 rings (SSSR count). The minimum absolute atomic E-state index is 0.205. The average molecular weight is 383 g/mol. The van der Waals surface area contributed by atoms with Gasteiger partial charge in [0.15, 0.2) is 0 Å². The van der Waals surface area contributed by atoms with Gasteiger partial charge in [0.2, 0.25) is 11.8 Å². The molecule has 2 N–H and O–H groups in total. The number of hydrogen-bond acceptors (Lipinski definition) is 3. The summed E-state index contributed by atoms with van der Waals surface area (Å²) in [4.78, 5) is 24.4.